The van der Waals surface area contributed by atoms with Crippen molar-refractivity contribution < 1.29 is 4.74 Å². The van der Waals surface area contributed by atoms with E-state index in [0.717, 1.165) is 35.5 Å². The fourth-order valence-corrected chi connectivity index (χ4v) is 3.06. The summed E-state index contributed by atoms with van der Waals surface area (Å²) in [6, 6.07) is 5.81. The molecule has 3 nitrogen and oxygen atoms in total. The molecule has 1 saturated carbocycles. The van der Waals surface area contributed by atoms with Crippen LogP contribution in [0.2, 0.25) is 0 Å². The van der Waals surface area contributed by atoms with Crippen LogP contribution in [0.15, 0.2) is 18.2 Å². The highest BCUT2D eigenvalue weighted by Gasteiger charge is 2.18. The number of nitrogens with one attached hydrogen (secondary N) is 1. The highest BCUT2D eigenvalue weighted by Crippen LogP contribution is 2.31. The van der Waals surface area contributed by atoms with E-state index in [1.807, 2.05) is 18.2 Å². The summed E-state index contributed by atoms with van der Waals surface area (Å²) >= 11 is 0. The Bertz CT molecular complexity index is 406. The number of hydrogen-bond acceptors (Lipinski definition) is 3. The number of hydrogen-bond donors (Lipinski definition) is 2. The molecule has 19 heavy (non-hydrogen) atoms. The van der Waals surface area contributed by atoms with Gasteiger partial charge >= 0.3 is 0 Å². The minimum Gasteiger partial charge on any atom is -0.497 e. The molecule has 0 amide bonds. The van der Waals surface area contributed by atoms with Crippen LogP contribution >= 0.6 is 0 Å². The Labute approximate surface area is 116 Å². The molecule has 0 aromatic heterocycles. The number of nitrogens with two attached hydrogens (primary N) is 1. The van der Waals surface area contributed by atoms with Crippen LogP contribution in [0.5, 0.6) is 5.75 Å². The lowest BCUT2D eigenvalue weighted by atomic mass is 9.81. The predicted octanol–water partition coefficient (Wildman–Crippen LogP) is 3.91. The summed E-state index contributed by atoms with van der Waals surface area (Å²) in [5.74, 6) is 2.60. The van der Waals surface area contributed by atoms with Gasteiger partial charge in [-0.3, -0.25) is 0 Å². The van der Waals surface area contributed by atoms with Gasteiger partial charge in [0.05, 0.1) is 18.5 Å². The van der Waals surface area contributed by atoms with Crippen molar-refractivity contribution in [2.24, 2.45) is 11.8 Å². The lowest BCUT2D eigenvalue weighted by molar-refractivity contribution is 0.274. The molecule has 0 spiro atoms. The smallest absolute Gasteiger partial charge is 0.121 e. The van der Waals surface area contributed by atoms with E-state index in [1.54, 1.807) is 7.11 Å². The van der Waals surface area contributed by atoms with Gasteiger partial charge in [0.1, 0.15) is 5.75 Å². The van der Waals surface area contributed by atoms with Gasteiger partial charge in [-0.2, -0.15) is 0 Å². The summed E-state index contributed by atoms with van der Waals surface area (Å²) in [4.78, 5) is 0. The molecule has 2 rings (SSSR count). The van der Waals surface area contributed by atoms with Crippen molar-refractivity contribution in [1.29, 1.82) is 0 Å². The van der Waals surface area contributed by atoms with Crippen LogP contribution in [0.25, 0.3) is 0 Å². The Balaban J connectivity index is 1.79. The molecule has 1 fully saturated rings. The number of methoxy groups -OCH3 is 1. The van der Waals surface area contributed by atoms with Crippen molar-refractivity contribution >= 4 is 11.4 Å². The van der Waals surface area contributed by atoms with Crippen LogP contribution < -0.4 is 15.8 Å². The molecule has 0 bridgehead atoms. The minimum atomic E-state index is 0.761. The van der Waals surface area contributed by atoms with E-state index in [0.29, 0.717) is 0 Å². The Hall–Kier alpha value is -1.38. The summed E-state index contributed by atoms with van der Waals surface area (Å²) < 4.78 is 5.15. The number of rotatable bonds is 5. The van der Waals surface area contributed by atoms with E-state index in [2.05, 4.69) is 12.2 Å². The topological polar surface area (TPSA) is 47.3 Å². The van der Waals surface area contributed by atoms with Gasteiger partial charge < -0.3 is 15.8 Å². The Morgan fingerprint density at radius 1 is 1.37 bits per heavy atom. The third-order valence-corrected chi connectivity index (χ3v) is 4.17. The number of nitrogen functional groups attached to an aromatic ring is 1. The van der Waals surface area contributed by atoms with Crippen molar-refractivity contribution in [1.82, 2.24) is 0 Å². The van der Waals surface area contributed by atoms with Gasteiger partial charge in [0.2, 0.25) is 0 Å². The van der Waals surface area contributed by atoms with Gasteiger partial charge in [0.15, 0.2) is 0 Å². The van der Waals surface area contributed by atoms with Gasteiger partial charge in [-0.15, -0.1) is 0 Å². The van der Waals surface area contributed by atoms with Crippen molar-refractivity contribution in [2.45, 2.75) is 39.0 Å². The normalized spacial score (nSPS) is 23.1. The molecule has 3 N–H and O–H groups in total. The van der Waals surface area contributed by atoms with Crippen molar-refractivity contribution in [3.63, 3.8) is 0 Å². The molecular formula is C16H26N2O. The van der Waals surface area contributed by atoms with Crippen molar-refractivity contribution in [3.05, 3.63) is 18.2 Å². The standard InChI is InChI=1S/C16H26N2O/c1-12-4-3-5-13(10-12)8-9-18-16-7-6-14(19-2)11-15(16)17/h6-7,11-13,18H,3-5,8-10,17H2,1-2H3. The molecule has 1 aliphatic rings. The Kier molecular flexibility index (Phi) is 4.94. The van der Waals surface area contributed by atoms with Gasteiger partial charge in [0.25, 0.3) is 0 Å². The Morgan fingerprint density at radius 2 is 2.21 bits per heavy atom. The molecule has 106 valence electrons. The maximum atomic E-state index is 6.00. The molecule has 1 aliphatic carbocycles. The number of ether oxygens (including phenoxy) is 1. The highest BCUT2D eigenvalue weighted by atomic mass is 16.5. The average molecular weight is 262 g/mol. The number of anilines is 2. The molecule has 0 aliphatic heterocycles. The first-order chi connectivity index (χ1) is 9.19. The van der Waals surface area contributed by atoms with Gasteiger partial charge in [-0.25, -0.2) is 0 Å². The van der Waals surface area contributed by atoms with Crippen LogP contribution in [0, 0.1) is 11.8 Å². The van der Waals surface area contributed by atoms with Crippen LogP contribution in [0.1, 0.15) is 39.0 Å². The second kappa shape index (κ2) is 6.69. The summed E-state index contributed by atoms with van der Waals surface area (Å²) in [5, 5.41) is 3.45. The van der Waals surface area contributed by atoms with Crippen LogP contribution in [0.3, 0.4) is 0 Å². The average Bonchev–Trinajstić information content (AvgIpc) is 2.40. The van der Waals surface area contributed by atoms with Crippen molar-refractivity contribution in [3.8, 4) is 5.75 Å². The first-order valence-electron chi connectivity index (χ1n) is 7.36. The third-order valence-electron chi connectivity index (χ3n) is 4.17. The van der Waals surface area contributed by atoms with E-state index in [9.17, 15) is 0 Å². The van der Waals surface area contributed by atoms with E-state index >= 15 is 0 Å². The molecule has 1 aromatic rings. The molecule has 0 saturated heterocycles. The van der Waals surface area contributed by atoms with Gasteiger partial charge in [-0.05, 0) is 36.8 Å². The van der Waals surface area contributed by atoms with Gasteiger partial charge in [-0.1, -0.05) is 26.2 Å². The first kappa shape index (κ1) is 14.0. The fraction of sp³-hybridized carbons (Fsp3) is 0.625. The van der Waals surface area contributed by atoms with Crippen LogP contribution in [-0.2, 0) is 0 Å². The molecule has 2 unspecified atom stereocenters. The van der Waals surface area contributed by atoms with Crippen LogP contribution in [0.4, 0.5) is 11.4 Å². The van der Waals surface area contributed by atoms with Crippen LogP contribution in [-0.4, -0.2) is 13.7 Å². The minimum absolute atomic E-state index is 0.761. The maximum Gasteiger partial charge on any atom is 0.121 e. The third kappa shape index (κ3) is 4.05. The second-order valence-electron chi connectivity index (χ2n) is 5.81. The monoisotopic (exact) mass is 262 g/mol. The maximum absolute atomic E-state index is 6.00. The Morgan fingerprint density at radius 3 is 2.89 bits per heavy atom. The van der Waals surface area contributed by atoms with Gasteiger partial charge in [0, 0.05) is 12.6 Å². The van der Waals surface area contributed by atoms with E-state index in [-0.39, 0.29) is 0 Å². The molecule has 3 heteroatoms. The fourth-order valence-electron chi connectivity index (χ4n) is 3.06. The first-order valence-corrected chi connectivity index (χ1v) is 7.36. The SMILES string of the molecule is COc1ccc(NCCC2CCCC(C)C2)c(N)c1. The zero-order valence-corrected chi connectivity index (χ0v) is 12.1. The molecule has 0 heterocycles. The van der Waals surface area contributed by atoms with E-state index in [1.165, 1.54) is 32.1 Å². The lowest BCUT2D eigenvalue weighted by Crippen LogP contribution is -2.16. The van der Waals surface area contributed by atoms with E-state index < -0.39 is 0 Å². The largest absolute Gasteiger partial charge is 0.497 e. The predicted molar refractivity (Wildman–Crippen MR) is 81.6 cm³/mol. The molecule has 0 radical (unpaired) electrons. The molecule has 1 aromatic carbocycles. The number of benzene rings is 1. The quantitative estimate of drug-likeness (QED) is 0.791. The summed E-state index contributed by atoms with van der Waals surface area (Å²) in [6.07, 6.45) is 6.84. The molecule has 2 atom stereocenters. The summed E-state index contributed by atoms with van der Waals surface area (Å²) in [7, 11) is 1.66. The lowest BCUT2D eigenvalue weighted by Gasteiger charge is -2.26. The van der Waals surface area contributed by atoms with E-state index in [4.69, 9.17) is 10.5 Å². The zero-order chi connectivity index (χ0) is 13.7. The second-order valence-corrected chi connectivity index (χ2v) is 5.81. The molecular weight excluding hydrogens is 236 g/mol. The van der Waals surface area contributed by atoms with Crippen molar-refractivity contribution in [2.75, 3.05) is 24.7 Å². The summed E-state index contributed by atoms with van der Waals surface area (Å²) in [5.41, 5.74) is 7.77. The summed E-state index contributed by atoms with van der Waals surface area (Å²) in [6.45, 7) is 3.38. The zero-order valence-electron chi connectivity index (χ0n) is 12.1. The highest BCUT2D eigenvalue weighted by molar-refractivity contribution is 5.68.